The summed E-state index contributed by atoms with van der Waals surface area (Å²) in [6, 6.07) is 0. The number of halogens is 1. The summed E-state index contributed by atoms with van der Waals surface area (Å²) in [7, 11) is 0. The van der Waals surface area contributed by atoms with E-state index < -0.39 is 0 Å². The van der Waals surface area contributed by atoms with Gasteiger partial charge in [0.15, 0.2) is 3.92 Å². The smallest absolute Gasteiger partial charge is 0.225 e. The Balaban J connectivity index is 2.27. The van der Waals surface area contributed by atoms with Crippen LogP contribution in [0.2, 0.25) is 0 Å². The second-order valence-electron chi connectivity index (χ2n) is 1.93. The Labute approximate surface area is 77.7 Å². The molecule has 0 saturated carbocycles. The van der Waals surface area contributed by atoms with Gasteiger partial charge in [0.2, 0.25) is 5.88 Å². The average Bonchev–Trinajstić information content (AvgIpc) is 2.37. The number of hydrogen-bond donors (Lipinski definition) is 1. The van der Waals surface area contributed by atoms with Gasteiger partial charge in [-0.15, -0.1) is 11.3 Å². The molecule has 0 saturated heterocycles. The van der Waals surface area contributed by atoms with Gasteiger partial charge >= 0.3 is 0 Å². The molecule has 5 heteroatoms. The Morgan fingerprint density at radius 1 is 1.73 bits per heavy atom. The van der Waals surface area contributed by atoms with E-state index in [0.717, 1.165) is 10.3 Å². The molecule has 2 N–H and O–H groups in total. The summed E-state index contributed by atoms with van der Waals surface area (Å²) in [6.07, 6.45) is 0.870. The van der Waals surface area contributed by atoms with Crippen LogP contribution in [-0.4, -0.2) is 18.1 Å². The van der Waals surface area contributed by atoms with Crippen molar-refractivity contribution in [3.63, 3.8) is 0 Å². The molecule has 0 bridgehead atoms. The minimum atomic E-state index is 0.646. The van der Waals surface area contributed by atoms with Gasteiger partial charge in [-0.1, -0.05) is 0 Å². The molecule has 3 nitrogen and oxygen atoms in total. The van der Waals surface area contributed by atoms with Crippen LogP contribution in [0, 0.1) is 0 Å². The van der Waals surface area contributed by atoms with Crippen molar-refractivity contribution in [3.05, 3.63) is 9.30 Å². The first-order chi connectivity index (χ1) is 5.33. The number of rotatable bonds is 4. The van der Waals surface area contributed by atoms with Crippen molar-refractivity contribution in [2.24, 2.45) is 5.73 Å². The van der Waals surface area contributed by atoms with Crippen LogP contribution in [-0.2, 0) is 0 Å². The number of ether oxygens (including phenoxy) is 1. The first kappa shape index (κ1) is 8.96. The summed E-state index contributed by atoms with van der Waals surface area (Å²) in [5.41, 5.74) is 5.29. The Morgan fingerprint density at radius 3 is 3.09 bits per heavy atom. The van der Waals surface area contributed by atoms with Crippen LogP contribution in [0.5, 0.6) is 5.88 Å². The molecule has 1 rings (SSSR count). The predicted octanol–water partition coefficient (Wildman–Crippen LogP) is 1.63. The lowest BCUT2D eigenvalue weighted by molar-refractivity contribution is 0.303. The van der Waals surface area contributed by atoms with Crippen LogP contribution in [0.15, 0.2) is 9.30 Å². The van der Waals surface area contributed by atoms with E-state index in [9.17, 15) is 0 Å². The van der Waals surface area contributed by atoms with Gasteiger partial charge in [-0.3, -0.25) is 0 Å². The van der Waals surface area contributed by atoms with Crippen LogP contribution in [0.1, 0.15) is 6.42 Å². The fourth-order valence-corrected chi connectivity index (χ4v) is 1.48. The molecule has 1 heterocycles. The molecule has 0 unspecified atom stereocenters. The summed E-state index contributed by atoms with van der Waals surface area (Å²) in [6.45, 7) is 1.30. The zero-order valence-electron chi connectivity index (χ0n) is 5.92. The SMILES string of the molecule is NCCCOc1csc(Br)n1. The molecule has 1 aromatic rings. The highest BCUT2D eigenvalue weighted by molar-refractivity contribution is 9.11. The third kappa shape index (κ3) is 3.18. The van der Waals surface area contributed by atoms with Crippen molar-refractivity contribution >= 4 is 27.3 Å². The van der Waals surface area contributed by atoms with Crippen LogP contribution < -0.4 is 10.5 Å². The molecule has 0 aliphatic rings. The third-order valence-electron chi connectivity index (χ3n) is 1.05. The molecular weight excluding hydrogens is 228 g/mol. The van der Waals surface area contributed by atoms with Gasteiger partial charge in [0, 0.05) is 0 Å². The van der Waals surface area contributed by atoms with E-state index in [1.54, 1.807) is 0 Å². The quantitative estimate of drug-likeness (QED) is 0.809. The lowest BCUT2D eigenvalue weighted by atomic mass is 10.5. The summed E-state index contributed by atoms with van der Waals surface area (Å²) in [5.74, 6) is 0.676. The van der Waals surface area contributed by atoms with Crippen LogP contribution in [0.3, 0.4) is 0 Å². The largest absolute Gasteiger partial charge is 0.477 e. The molecule has 0 amide bonds. The van der Waals surface area contributed by atoms with Gasteiger partial charge in [-0.2, -0.15) is 4.98 Å². The number of hydrogen-bond acceptors (Lipinski definition) is 4. The van der Waals surface area contributed by atoms with Crippen molar-refractivity contribution in [2.75, 3.05) is 13.2 Å². The fourth-order valence-electron chi connectivity index (χ4n) is 0.565. The first-order valence-corrected chi connectivity index (χ1v) is 4.94. The Hall–Kier alpha value is -0.130. The van der Waals surface area contributed by atoms with Crippen molar-refractivity contribution in [2.45, 2.75) is 6.42 Å². The number of aromatic nitrogens is 1. The minimum Gasteiger partial charge on any atom is -0.477 e. The molecule has 62 valence electrons. The van der Waals surface area contributed by atoms with E-state index in [-0.39, 0.29) is 0 Å². The molecule has 0 aliphatic carbocycles. The molecular formula is C6H9BrN2OS. The van der Waals surface area contributed by atoms with Crippen molar-refractivity contribution in [1.82, 2.24) is 4.98 Å². The topological polar surface area (TPSA) is 48.1 Å². The Morgan fingerprint density at radius 2 is 2.55 bits per heavy atom. The average molecular weight is 237 g/mol. The van der Waals surface area contributed by atoms with Crippen LogP contribution in [0.4, 0.5) is 0 Å². The van der Waals surface area contributed by atoms with E-state index in [2.05, 4.69) is 20.9 Å². The molecule has 0 atom stereocenters. The number of nitrogens with zero attached hydrogens (tertiary/aromatic N) is 1. The van der Waals surface area contributed by atoms with Crippen molar-refractivity contribution in [3.8, 4) is 5.88 Å². The van der Waals surface area contributed by atoms with Gasteiger partial charge in [0.05, 0.1) is 12.0 Å². The van der Waals surface area contributed by atoms with Gasteiger partial charge < -0.3 is 10.5 Å². The van der Waals surface area contributed by atoms with E-state index in [1.165, 1.54) is 11.3 Å². The summed E-state index contributed by atoms with van der Waals surface area (Å²) < 4.78 is 6.10. The fraction of sp³-hybridized carbons (Fsp3) is 0.500. The molecule has 11 heavy (non-hydrogen) atoms. The zero-order chi connectivity index (χ0) is 8.10. The maximum absolute atomic E-state index is 5.29. The summed E-state index contributed by atoms with van der Waals surface area (Å²) >= 11 is 4.76. The first-order valence-electron chi connectivity index (χ1n) is 3.27. The highest BCUT2D eigenvalue weighted by Gasteiger charge is 1.97. The number of thiazole rings is 1. The lowest BCUT2D eigenvalue weighted by Gasteiger charge is -1.98. The highest BCUT2D eigenvalue weighted by Crippen LogP contribution is 2.20. The minimum absolute atomic E-state index is 0.646. The van der Waals surface area contributed by atoms with E-state index in [0.29, 0.717) is 19.0 Å². The molecule has 0 fully saturated rings. The molecule has 0 radical (unpaired) electrons. The molecule has 0 aromatic carbocycles. The maximum atomic E-state index is 5.29. The zero-order valence-corrected chi connectivity index (χ0v) is 8.32. The van der Waals surface area contributed by atoms with Gasteiger partial charge in [-0.05, 0) is 28.9 Å². The standard InChI is InChI=1S/C6H9BrN2OS/c7-6-9-5(4-11-6)10-3-1-2-8/h4H,1-3,8H2. The maximum Gasteiger partial charge on any atom is 0.225 e. The van der Waals surface area contributed by atoms with Crippen molar-refractivity contribution in [1.29, 1.82) is 0 Å². The molecule has 0 aliphatic heterocycles. The van der Waals surface area contributed by atoms with Gasteiger partial charge in [0.25, 0.3) is 0 Å². The predicted molar refractivity (Wildman–Crippen MR) is 49.0 cm³/mol. The van der Waals surface area contributed by atoms with Crippen molar-refractivity contribution < 1.29 is 4.74 Å². The van der Waals surface area contributed by atoms with Crippen LogP contribution >= 0.6 is 27.3 Å². The highest BCUT2D eigenvalue weighted by atomic mass is 79.9. The normalized spacial score (nSPS) is 10.0. The lowest BCUT2D eigenvalue weighted by Crippen LogP contribution is -2.06. The summed E-state index contributed by atoms with van der Waals surface area (Å²) in [4.78, 5) is 4.05. The Bertz CT molecular complexity index is 216. The van der Waals surface area contributed by atoms with E-state index in [1.807, 2.05) is 5.38 Å². The van der Waals surface area contributed by atoms with E-state index >= 15 is 0 Å². The summed E-state index contributed by atoms with van der Waals surface area (Å²) in [5, 5.41) is 1.86. The Kier molecular flexibility index (Phi) is 3.82. The number of nitrogens with two attached hydrogens (primary N) is 1. The van der Waals surface area contributed by atoms with E-state index in [4.69, 9.17) is 10.5 Å². The van der Waals surface area contributed by atoms with Gasteiger partial charge in [0.1, 0.15) is 0 Å². The second-order valence-corrected chi connectivity index (χ2v) is 4.06. The third-order valence-corrected chi connectivity index (χ3v) is 2.40. The second kappa shape index (κ2) is 4.69. The molecule has 1 aromatic heterocycles. The van der Waals surface area contributed by atoms with Gasteiger partial charge in [-0.25, -0.2) is 0 Å². The van der Waals surface area contributed by atoms with Crippen LogP contribution in [0.25, 0.3) is 0 Å². The monoisotopic (exact) mass is 236 g/mol. The molecule has 0 spiro atoms.